The quantitative estimate of drug-likeness (QED) is 0.501. The molecule has 4 unspecified atom stereocenters. The molecule has 0 saturated carbocycles. The summed E-state index contributed by atoms with van der Waals surface area (Å²) in [6.45, 7) is 4.63. The van der Waals surface area contributed by atoms with Gasteiger partial charge in [0.05, 0.1) is 0 Å². The number of hydrogen-bond acceptors (Lipinski definition) is 0. The Hall–Kier alpha value is -0.520. The van der Waals surface area contributed by atoms with Gasteiger partial charge in [-0.3, -0.25) is 0 Å². The van der Waals surface area contributed by atoms with E-state index in [0.717, 1.165) is 23.7 Å². The van der Waals surface area contributed by atoms with Gasteiger partial charge >= 0.3 is 0 Å². The topological polar surface area (TPSA) is 0 Å². The molecule has 0 heterocycles. The van der Waals surface area contributed by atoms with Crippen LogP contribution in [-0.2, 0) is 0 Å². The lowest BCUT2D eigenvalue weighted by Crippen LogP contribution is -2.22. The fourth-order valence-electron chi connectivity index (χ4n) is 2.20. The molecule has 0 aromatic rings. The molecular formula is C11H16. The molecule has 0 fully saturated rings. The van der Waals surface area contributed by atoms with E-state index in [1.165, 1.54) is 6.42 Å². The summed E-state index contributed by atoms with van der Waals surface area (Å²) in [7, 11) is 0. The van der Waals surface area contributed by atoms with Gasteiger partial charge in [-0.25, -0.2) is 0 Å². The molecule has 0 amide bonds. The average Bonchev–Trinajstić information content (AvgIpc) is 2.33. The highest BCUT2D eigenvalue weighted by Gasteiger charge is 2.29. The Morgan fingerprint density at radius 3 is 2.18 bits per heavy atom. The Kier molecular flexibility index (Phi) is 1.63. The monoisotopic (exact) mass is 148 g/mol. The van der Waals surface area contributed by atoms with Gasteiger partial charge in [0, 0.05) is 0 Å². The first kappa shape index (κ1) is 7.15. The fraction of sp³-hybridized carbons (Fsp3) is 0.636. The lowest BCUT2D eigenvalue weighted by Gasteiger charge is -2.31. The van der Waals surface area contributed by atoms with Crippen LogP contribution in [0.15, 0.2) is 24.3 Å². The minimum absolute atomic E-state index is 0.821. The van der Waals surface area contributed by atoms with Crippen LogP contribution in [-0.4, -0.2) is 0 Å². The SMILES string of the molecule is CC1C=CC(C2C=CC2C)C1. The van der Waals surface area contributed by atoms with E-state index in [0.29, 0.717) is 0 Å². The van der Waals surface area contributed by atoms with E-state index in [1.807, 2.05) is 0 Å². The standard InChI is InChI=1S/C11H16/c1-8-3-5-10(7-8)11-6-4-9(11)2/h3-6,8-11H,7H2,1-2H3. The molecule has 2 aliphatic carbocycles. The van der Waals surface area contributed by atoms with Gasteiger partial charge in [0.1, 0.15) is 0 Å². The van der Waals surface area contributed by atoms with E-state index < -0.39 is 0 Å². The molecule has 0 aliphatic heterocycles. The van der Waals surface area contributed by atoms with Crippen LogP contribution in [0.4, 0.5) is 0 Å². The zero-order valence-corrected chi connectivity index (χ0v) is 7.33. The molecule has 4 atom stereocenters. The Labute approximate surface area is 69.0 Å². The molecule has 11 heavy (non-hydrogen) atoms. The van der Waals surface area contributed by atoms with Crippen molar-refractivity contribution in [2.75, 3.05) is 0 Å². The van der Waals surface area contributed by atoms with E-state index >= 15 is 0 Å². The van der Waals surface area contributed by atoms with E-state index in [1.54, 1.807) is 0 Å². The largest absolute Gasteiger partial charge is 0.0854 e. The summed E-state index contributed by atoms with van der Waals surface area (Å²) >= 11 is 0. The fourth-order valence-corrected chi connectivity index (χ4v) is 2.20. The average molecular weight is 148 g/mol. The van der Waals surface area contributed by atoms with Gasteiger partial charge in [-0.1, -0.05) is 38.2 Å². The third-order valence-corrected chi connectivity index (χ3v) is 3.07. The number of rotatable bonds is 1. The van der Waals surface area contributed by atoms with Crippen LogP contribution in [0.5, 0.6) is 0 Å². The summed E-state index contributed by atoms with van der Waals surface area (Å²) < 4.78 is 0. The summed E-state index contributed by atoms with van der Waals surface area (Å²) in [5, 5.41) is 0. The summed E-state index contributed by atoms with van der Waals surface area (Å²) in [6.07, 6.45) is 10.8. The van der Waals surface area contributed by atoms with Crippen LogP contribution in [0.1, 0.15) is 20.3 Å². The van der Waals surface area contributed by atoms with Crippen molar-refractivity contribution in [3.63, 3.8) is 0 Å². The number of allylic oxidation sites excluding steroid dienone is 4. The molecule has 0 spiro atoms. The predicted octanol–water partition coefficient (Wildman–Crippen LogP) is 3.02. The van der Waals surface area contributed by atoms with Crippen LogP contribution < -0.4 is 0 Å². The minimum atomic E-state index is 0.821. The van der Waals surface area contributed by atoms with Gasteiger partial charge in [0.15, 0.2) is 0 Å². The van der Waals surface area contributed by atoms with Crippen molar-refractivity contribution >= 4 is 0 Å². The molecule has 0 N–H and O–H groups in total. The first-order valence-electron chi connectivity index (χ1n) is 4.64. The second-order valence-corrected chi connectivity index (χ2v) is 4.08. The van der Waals surface area contributed by atoms with Crippen LogP contribution >= 0.6 is 0 Å². The highest BCUT2D eigenvalue weighted by Crippen LogP contribution is 2.39. The summed E-state index contributed by atoms with van der Waals surface area (Å²) in [5.41, 5.74) is 0. The zero-order valence-electron chi connectivity index (χ0n) is 7.33. The van der Waals surface area contributed by atoms with Crippen LogP contribution in [0.2, 0.25) is 0 Å². The summed E-state index contributed by atoms with van der Waals surface area (Å²) in [6, 6.07) is 0. The van der Waals surface area contributed by atoms with Gasteiger partial charge in [-0.05, 0) is 30.1 Å². The third-order valence-electron chi connectivity index (χ3n) is 3.07. The van der Waals surface area contributed by atoms with Crippen LogP contribution in [0.3, 0.4) is 0 Å². The Morgan fingerprint density at radius 1 is 1.00 bits per heavy atom. The van der Waals surface area contributed by atoms with Crippen LogP contribution in [0, 0.1) is 23.7 Å². The van der Waals surface area contributed by atoms with Crippen LogP contribution in [0.25, 0.3) is 0 Å². The molecular weight excluding hydrogens is 132 g/mol. The molecule has 0 aromatic heterocycles. The van der Waals surface area contributed by atoms with Crippen molar-refractivity contribution in [1.29, 1.82) is 0 Å². The van der Waals surface area contributed by atoms with Crippen molar-refractivity contribution in [3.05, 3.63) is 24.3 Å². The molecule has 60 valence electrons. The third kappa shape index (κ3) is 1.15. The summed E-state index contributed by atoms with van der Waals surface area (Å²) in [4.78, 5) is 0. The minimum Gasteiger partial charge on any atom is -0.0854 e. The maximum absolute atomic E-state index is 2.41. The zero-order chi connectivity index (χ0) is 7.84. The van der Waals surface area contributed by atoms with E-state index in [2.05, 4.69) is 38.2 Å². The first-order valence-corrected chi connectivity index (χ1v) is 4.64. The Bertz CT molecular complexity index is 200. The second kappa shape index (κ2) is 2.51. The predicted molar refractivity (Wildman–Crippen MR) is 48.2 cm³/mol. The van der Waals surface area contributed by atoms with E-state index in [4.69, 9.17) is 0 Å². The normalized spacial score (nSPS) is 47.8. The number of hydrogen-bond donors (Lipinski definition) is 0. The maximum Gasteiger partial charge on any atom is -0.0110 e. The van der Waals surface area contributed by atoms with Gasteiger partial charge in [0.2, 0.25) is 0 Å². The van der Waals surface area contributed by atoms with Gasteiger partial charge in [-0.15, -0.1) is 0 Å². The summed E-state index contributed by atoms with van der Waals surface area (Å²) in [5.74, 6) is 3.36. The smallest absolute Gasteiger partial charge is 0.0110 e. The Morgan fingerprint density at radius 2 is 1.82 bits per heavy atom. The van der Waals surface area contributed by atoms with Crippen molar-refractivity contribution < 1.29 is 0 Å². The lowest BCUT2D eigenvalue weighted by atomic mass is 9.74. The molecule has 0 heteroatoms. The maximum atomic E-state index is 2.41. The van der Waals surface area contributed by atoms with Crippen molar-refractivity contribution in [3.8, 4) is 0 Å². The molecule has 0 nitrogen and oxygen atoms in total. The Balaban J connectivity index is 1.98. The van der Waals surface area contributed by atoms with Gasteiger partial charge in [0.25, 0.3) is 0 Å². The highest BCUT2D eigenvalue weighted by molar-refractivity contribution is 5.15. The molecule has 0 radical (unpaired) electrons. The molecule has 0 saturated heterocycles. The molecule has 0 aromatic carbocycles. The van der Waals surface area contributed by atoms with Gasteiger partial charge in [-0.2, -0.15) is 0 Å². The first-order chi connectivity index (χ1) is 5.27. The highest BCUT2D eigenvalue weighted by atomic mass is 14.3. The lowest BCUT2D eigenvalue weighted by molar-refractivity contribution is 0.336. The van der Waals surface area contributed by atoms with E-state index in [9.17, 15) is 0 Å². The van der Waals surface area contributed by atoms with E-state index in [-0.39, 0.29) is 0 Å². The molecule has 2 rings (SSSR count). The molecule has 0 bridgehead atoms. The van der Waals surface area contributed by atoms with Gasteiger partial charge < -0.3 is 0 Å². The second-order valence-electron chi connectivity index (χ2n) is 4.08. The van der Waals surface area contributed by atoms with Crippen molar-refractivity contribution in [2.24, 2.45) is 23.7 Å². The molecule has 2 aliphatic rings. The van der Waals surface area contributed by atoms with Crippen molar-refractivity contribution in [1.82, 2.24) is 0 Å². The van der Waals surface area contributed by atoms with Crippen molar-refractivity contribution in [2.45, 2.75) is 20.3 Å².